The summed E-state index contributed by atoms with van der Waals surface area (Å²) in [5.41, 5.74) is 1.03. The van der Waals surface area contributed by atoms with Crippen LogP contribution in [0.5, 0.6) is 0 Å². The quantitative estimate of drug-likeness (QED) is 0.671. The Morgan fingerprint density at radius 1 is 1.24 bits per heavy atom. The molecular weight excluding hydrogens is 330 g/mol. The molecule has 0 aliphatic carbocycles. The lowest BCUT2D eigenvalue weighted by molar-refractivity contribution is 0.213. The van der Waals surface area contributed by atoms with Crippen LogP contribution >= 0.6 is 11.3 Å². The minimum Gasteiger partial charge on any atom is -0.457 e. The maximum atomic E-state index is 6.01. The van der Waals surface area contributed by atoms with Crippen molar-refractivity contribution in [2.24, 2.45) is 0 Å². The first-order valence-electron chi connectivity index (χ1n) is 8.83. The van der Waals surface area contributed by atoms with Crippen molar-refractivity contribution in [3.05, 3.63) is 54.8 Å². The number of likely N-dealkylation sites (tertiary alicyclic amines) is 1. The van der Waals surface area contributed by atoms with E-state index >= 15 is 0 Å². The molecule has 25 heavy (non-hydrogen) atoms. The molecule has 0 unspecified atom stereocenters. The first-order chi connectivity index (χ1) is 12.3. The summed E-state index contributed by atoms with van der Waals surface area (Å²) in [6.45, 7) is 7.86. The van der Waals surface area contributed by atoms with Crippen molar-refractivity contribution in [1.82, 2.24) is 15.2 Å². The minimum atomic E-state index is 0.567. The molecule has 0 bridgehead atoms. The Kier molecular flexibility index (Phi) is 4.97. The van der Waals surface area contributed by atoms with Gasteiger partial charge in [0.2, 0.25) is 0 Å². The van der Waals surface area contributed by atoms with Gasteiger partial charge < -0.3 is 9.73 Å². The molecule has 1 aliphatic rings. The number of aromatic nitrogens is 1. The summed E-state index contributed by atoms with van der Waals surface area (Å²) in [4.78, 5) is 7.11. The Labute approximate surface area is 152 Å². The van der Waals surface area contributed by atoms with Crippen molar-refractivity contribution < 1.29 is 4.42 Å². The Bertz CT molecular complexity index is 812. The molecule has 1 N–H and O–H groups in total. The number of nitrogens with zero attached hydrogens (tertiary/aromatic N) is 2. The molecule has 1 aromatic carbocycles. The molecule has 0 atom stereocenters. The summed E-state index contributed by atoms with van der Waals surface area (Å²) >= 11 is 1.68. The van der Waals surface area contributed by atoms with Crippen LogP contribution in [-0.2, 0) is 6.54 Å². The van der Waals surface area contributed by atoms with Crippen molar-refractivity contribution in [3.63, 3.8) is 0 Å². The first kappa shape index (κ1) is 16.5. The summed E-state index contributed by atoms with van der Waals surface area (Å²) < 4.78 is 7.21. The number of thiazole rings is 1. The number of hydrogen-bond acceptors (Lipinski definition) is 5. The fourth-order valence-electron chi connectivity index (χ4n) is 3.31. The van der Waals surface area contributed by atoms with Gasteiger partial charge in [0.1, 0.15) is 5.76 Å². The molecule has 0 amide bonds. The number of benzene rings is 1. The van der Waals surface area contributed by atoms with Gasteiger partial charge in [-0.05, 0) is 50.2 Å². The second kappa shape index (κ2) is 7.52. The van der Waals surface area contributed by atoms with Gasteiger partial charge in [0.15, 0.2) is 10.8 Å². The summed E-state index contributed by atoms with van der Waals surface area (Å²) in [6.07, 6.45) is 4.35. The van der Waals surface area contributed by atoms with Crippen LogP contribution in [0.3, 0.4) is 0 Å². The van der Waals surface area contributed by atoms with Crippen LogP contribution < -0.4 is 5.32 Å². The third kappa shape index (κ3) is 3.84. The second-order valence-electron chi connectivity index (χ2n) is 6.50. The van der Waals surface area contributed by atoms with Gasteiger partial charge >= 0.3 is 0 Å². The summed E-state index contributed by atoms with van der Waals surface area (Å²) in [5, 5.41) is 4.58. The van der Waals surface area contributed by atoms with Crippen LogP contribution in [0.2, 0.25) is 0 Å². The Morgan fingerprint density at radius 2 is 2.08 bits per heavy atom. The minimum absolute atomic E-state index is 0.567. The van der Waals surface area contributed by atoms with E-state index in [0.29, 0.717) is 6.04 Å². The molecule has 1 aliphatic heterocycles. The highest BCUT2D eigenvalue weighted by Gasteiger charge is 2.18. The van der Waals surface area contributed by atoms with E-state index in [-0.39, 0.29) is 0 Å². The largest absolute Gasteiger partial charge is 0.457 e. The predicted molar refractivity (Wildman–Crippen MR) is 104 cm³/mol. The molecule has 0 saturated carbocycles. The van der Waals surface area contributed by atoms with Gasteiger partial charge in [-0.2, -0.15) is 0 Å². The summed E-state index contributed by atoms with van der Waals surface area (Å²) in [7, 11) is 0. The van der Waals surface area contributed by atoms with Crippen LogP contribution in [0.1, 0.15) is 18.6 Å². The number of rotatable bonds is 6. The maximum absolute atomic E-state index is 6.01. The Morgan fingerprint density at radius 3 is 2.88 bits per heavy atom. The molecule has 5 heteroatoms. The number of furan rings is 1. The van der Waals surface area contributed by atoms with Gasteiger partial charge in [-0.15, -0.1) is 17.9 Å². The average molecular weight is 353 g/mol. The standard InChI is InChI=1S/C20H23N3OS/c1-2-11-23-12-9-15(10-13-23)21-14-16-7-8-18(24-16)20-22-17-5-3-4-6-19(17)25-20/h2-8,15,21H,1,9-14H2. The molecule has 1 saturated heterocycles. The van der Waals surface area contributed by atoms with Crippen molar-refractivity contribution in [3.8, 4) is 10.8 Å². The van der Waals surface area contributed by atoms with Crippen LogP contribution in [0, 0.1) is 0 Å². The van der Waals surface area contributed by atoms with E-state index in [2.05, 4.69) is 33.9 Å². The van der Waals surface area contributed by atoms with Crippen molar-refractivity contribution in [1.29, 1.82) is 0 Å². The van der Waals surface area contributed by atoms with E-state index in [0.717, 1.165) is 48.2 Å². The second-order valence-corrected chi connectivity index (χ2v) is 7.53. The van der Waals surface area contributed by atoms with Crippen LogP contribution in [0.15, 0.2) is 53.5 Å². The molecule has 3 aromatic rings. The lowest BCUT2D eigenvalue weighted by Crippen LogP contribution is -2.42. The van der Waals surface area contributed by atoms with Gasteiger partial charge in [0.05, 0.1) is 16.8 Å². The fourth-order valence-corrected chi connectivity index (χ4v) is 4.24. The average Bonchev–Trinajstić information content (AvgIpc) is 3.28. The maximum Gasteiger partial charge on any atom is 0.163 e. The lowest BCUT2D eigenvalue weighted by Gasteiger charge is -2.31. The normalized spacial score (nSPS) is 16.5. The Balaban J connectivity index is 1.35. The topological polar surface area (TPSA) is 41.3 Å². The lowest BCUT2D eigenvalue weighted by atomic mass is 10.1. The van der Waals surface area contributed by atoms with Crippen molar-refractivity contribution in [2.45, 2.75) is 25.4 Å². The molecule has 0 radical (unpaired) electrons. The van der Waals surface area contributed by atoms with E-state index in [9.17, 15) is 0 Å². The van der Waals surface area contributed by atoms with Gasteiger partial charge in [-0.3, -0.25) is 4.90 Å². The summed E-state index contributed by atoms with van der Waals surface area (Å²) in [5.74, 6) is 1.83. The highest BCUT2D eigenvalue weighted by molar-refractivity contribution is 7.21. The zero-order valence-electron chi connectivity index (χ0n) is 14.3. The van der Waals surface area contributed by atoms with Gasteiger partial charge in [0.25, 0.3) is 0 Å². The third-order valence-corrected chi connectivity index (χ3v) is 5.76. The number of hydrogen-bond donors (Lipinski definition) is 1. The molecule has 130 valence electrons. The first-order valence-corrected chi connectivity index (χ1v) is 9.65. The zero-order chi connectivity index (χ0) is 17.1. The van der Waals surface area contributed by atoms with E-state index in [1.807, 2.05) is 30.3 Å². The van der Waals surface area contributed by atoms with E-state index < -0.39 is 0 Å². The zero-order valence-corrected chi connectivity index (χ0v) is 15.1. The smallest absolute Gasteiger partial charge is 0.163 e. The van der Waals surface area contributed by atoms with Crippen molar-refractivity contribution in [2.75, 3.05) is 19.6 Å². The predicted octanol–water partition coefficient (Wildman–Crippen LogP) is 4.30. The number of para-hydroxylation sites is 1. The highest BCUT2D eigenvalue weighted by atomic mass is 32.1. The molecule has 2 aromatic heterocycles. The van der Waals surface area contributed by atoms with E-state index in [1.54, 1.807) is 11.3 Å². The summed E-state index contributed by atoms with van der Waals surface area (Å²) in [6, 6.07) is 12.9. The molecular formula is C20H23N3OS. The molecule has 4 rings (SSSR count). The van der Waals surface area contributed by atoms with Crippen LogP contribution in [0.4, 0.5) is 0 Å². The fraction of sp³-hybridized carbons (Fsp3) is 0.350. The SMILES string of the molecule is C=CCN1CCC(NCc2ccc(-c3nc4ccccc4s3)o2)CC1. The number of nitrogens with one attached hydrogen (secondary N) is 1. The van der Waals surface area contributed by atoms with Crippen LogP contribution in [-0.4, -0.2) is 35.6 Å². The number of piperidine rings is 1. The van der Waals surface area contributed by atoms with Gasteiger partial charge in [-0.1, -0.05) is 18.2 Å². The molecule has 3 heterocycles. The number of fused-ring (bicyclic) bond motifs is 1. The van der Waals surface area contributed by atoms with E-state index in [1.165, 1.54) is 17.5 Å². The highest BCUT2D eigenvalue weighted by Crippen LogP contribution is 2.31. The van der Waals surface area contributed by atoms with Gasteiger partial charge in [-0.25, -0.2) is 4.98 Å². The van der Waals surface area contributed by atoms with E-state index in [4.69, 9.17) is 4.42 Å². The van der Waals surface area contributed by atoms with Gasteiger partial charge in [0, 0.05) is 12.6 Å². The Hall–Kier alpha value is -1.95. The molecule has 4 nitrogen and oxygen atoms in total. The molecule has 0 spiro atoms. The van der Waals surface area contributed by atoms with Crippen LogP contribution in [0.25, 0.3) is 21.0 Å². The third-order valence-electron chi connectivity index (χ3n) is 4.71. The monoisotopic (exact) mass is 353 g/mol. The molecule has 1 fully saturated rings. The van der Waals surface area contributed by atoms with Crippen molar-refractivity contribution >= 4 is 21.6 Å².